The molecule has 0 saturated heterocycles. The predicted octanol–water partition coefficient (Wildman–Crippen LogP) is 1.93. The summed E-state index contributed by atoms with van der Waals surface area (Å²) in [5.74, 6) is 0. The van der Waals surface area contributed by atoms with Gasteiger partial charge in [-0.05, 0) is 37.6 Å². The van der Waals surface area contributed by atoms with Crippen LogP contribution in [0, 0.1) is 5.41 Å². The van der Waals surface area contributed by atoms with Crippen LogP contribution in [0.4, 0.5) is 0 Å². The third-order valence-corrected chi connectivity index (χ3v) is 2.76. The van der Waals surface area contributed by atoms with Crippen LogP contribution >= 0.6 is 0 Å². The molecule has 2 N–H and O–H groups in total. The largest absolute Gasteiger partial charge is 0.392 e. The molecule has 2 nitrogen and oxygen atoms in total. The molecule has 0 unspecified atom stereocenters. The van der Waals surface area contributed by atoms with Gasteiger partial charge in [-0.25, -0.2) is 0 Å². The minimum absolute atomic E-state index is 0.0973. The molecule has 0 aromatic heterocycles. The van der Waals surface area contributed by atoms with Crippen LogP contribution in [0.1, 0.15) is 46.5 Å². The second-order valence-electron chi connectivity index (χ2n) is 5.37. The molecule has 1 fully saturated rings. The Morgan fingerprint density at radius 2 is 2.00 bits per heavy atom. The topological polar surface area (TPSA) is 32.3 Å². The molecule has 2 atom stereocenters. The number of aliphatic hydroxyl groups is 1. The molecule has 0 aliphatic heterocycles. The molecule has 2 heteroatoms. The first-order valence-corrected chi connectivity index (χ1v) is 5.40. The molecule has 0 aromatic rings. The highest BCUT2D eigenvalue weighted by Crippen LogP contribution is 2.20. The lowest BCUT2D eigenvalue weighted by Crippen LogP contribution is -2.37. The molecular formula is C11H23NO. The van der Waals surface area contributed by atoms with Gasteiger partial charge in [0.25, 0.3) is 0 Å². The van der Waals surface area contributed by atoms with Crippen LogP contribution in [0.5, 0.6) is 0 Å². The zero-order valence-corrected chi connectivity index (χ0v) is 9.14. The SMILES string of the molecule is CC(C)(C)CCN[C@@H]1CCC[C@H]1O. The molecule has 1 rings (SSSR count). The average Bonchev–Trinajstić information content (AvgIpc) is 2.34. The van der Waals surface area contributed by atoms with Gasteiger partial charge < -0.3 is 10.4 Å². The molecule has 13 heavy (non-hydrogen) atoms. The van der Waals surface area contributed by atoms with E-state index in [-0.39, 0.29) is 6.10 Å². The van der Waals surface area contributed by atoms with Crippen molar-refractivity contribution < 1.29 is 5.11 Å². The fraction of sp³-hybridized carbons (Fsp3) is 1.00. The van der Waals surface area contributed by atoms with Crippen molar-refractivity contribution in [2.45, 2.75) is 58.6 Å². The third kappa shape index (κ3) is 4.10. The first-order valence-electron chi connectivity index (χ1n) is 5.40. The van der Waals surface area contributed by atoms with Crippen LogP contribution in [0.2, 0.25) is 0 Å². The van der Waals surface area contributed by atoms with Crippen molar-refractivity contribution >= 4 is 0 Å². The maximum Gasteiger partial charge on any atom is 0.0693 e. The Morgan fingerprint density at radius 1 is 1.31 bits per heavy atom. The van der Waals surface area contributed by atoms with Gasteiger partial charge in [0, 0.05) is 6.04 Å². The van der Waals surface area contributed by atoms with Gasteiger partial charge in [0.2, 0.25) is 0 Å². The first kappa shape index (κ1) is 11.0. The summed E-state index contributed by atoms with van der Waals surface area (Å²) in [5.41, 5.74) is 0.399. The van der Waals surface area contributed by atoms with Crippen LogP contribution in [0.3, 0.4) is 0 Å². The van der Waals surface area contributed by atoms with Crippen LogP contribution in [-0.2, 0) is 0 Å². The quantitative estimate of drug-likeness (QED) is 0.704. The minimum Gasteiger partial charge on any atom is -0.392 e. The Bertz CT molecular complexity index is 151. The summed E-state index contributed by atoms with van der Waals surface area (Å²) >= 11 is 0. The maximum atomic E-state index is 9.56. The molecule has 0 bridgehead atoms. The molecule has 0 spiro atoms. The smallest absolute Gasteiger partial charge is 0.0693 e. The van der Waals surface area contributed by atoms with Gasteiger partial charge in [0.15, 0.2) is 0 Å². The van der Waals surface area contributed by atoms with E-state index in [0.717, 1.165) is 19.4 Å². The molecule has 78 valence electrons. The van der Waals surface area contributed by atoms with Crippen molar-refractivity contribution in [1.29, 1.82) is 0 Å². The number of rotatable bonds is 3. The summed E-state index contributed by atoms with van der Waals surface area (Å²) in [6, 6.07) is 0.363. The summed E-state index contributed by atoms with van der Waals surface area (Å²) in [6.45, 7) is 7.78. The highest BCUT2D eigenvalue weighted by atomic mass is 16.3. The minimum atomic E-state index is -0.0973. The summed E-state index contributed by atoms with van der Waals surface area (Å²) in [7, 11) is 0. The lowest BCUT2D eigenvalue weighted by Gasteiger charge is -2.21. The van der Waals surface area contributed by atoms with Gasteiger partial charge in [-0.15, -0.1) is 0 Å². The standard InChI is InChI=1S/C11H23NO/c1-11(2,3)7-8-12-9-5-4-6-10(9)13/h9-10,12-13H,4-8H2,1-3H3/t9-,10-/m1/s1. The second-order valence-corrected chi connectivity index (χ2v) is 5.37. The maximum absolute atomic E-state index is 9.56. The molecule has 0 amide bonds. The van der Waals surface area contributed by atoms with Gasteiger partial charge >= 0.3 is 0 Å². The fourth-order valence-electron chi connectivity index (χ4n) is 1.81. The number of aliphatic hydroxyl groups excluding tert-OH is 1. The Hall–Kier alpha value is -0.0800. The van der Waals surface area contributed by atoms with E-state index in [4.69, 9.17) is 0 Å². The average molecular weight is 185 g/mol. The highest BCUT2D eigenvalue weighted by Gasteiger charge is 2.24. The van der Waals surface area contributed by atoms with E-state index in [0.29, 0.717) is 11.5 Å². The van der Waals surface area contributed by atoms with Crippen molar-refractivity contribution in [2.75, 3.05) is 6.54 Å². The van der Waals surface area contributed by atoms with Gasteiger partial charge in [0.05, 0.1) is 6.10 Å². The molecular weight excluding hydrogens is 162 g/mol. The summed E-state index contributed by atoms with van der Waals surface area (Å²) in [6.07, 6.45) is 4.38. The van der Waals surface area contributed by atoms with E-state index in [1.165, 1.54) is 12.8 Å². The Labute approximate surface area is 81.7 Å². The molecule has 0 radical (unpaired) electrons. The number of hydrogen-bond acceptors (Lipinski definition) is 2. The fourth-order valence-corrected chi connectivity index (χ4v) is 1.81. The lowest BCUT2D eigenvalue weighted by molar-refractivity contribution is 0.147. The van der Waals surface area contributed by atoms with E-state index in [2.05, 4.69) is 26.1 Å². The highest BCUT2D eigenvalue weighted by molar-refractivity contribution is 4.82. The molecule has 1 aliphatic rings. The normalized spacial score (nSPS) is 29.5. The number of hydrogen-bond donors (Lipinski definition) is 2. The predicted molar refractivity (Wildman–Crippen MR) is 55.7 cm³/mol. The Morgan fingerprint density at radius 3 is 2.46 bits per heavy atom. The van der Waals surface area contributed by atoms with E-state index >= 15 is 0 Å². The summed E-state index contributed by atoms with van der Waals surface area (Å²) in [5, 5.41) is 13.0. The van der Waals surface area contributed by atoms with E-state index in [1.807, 2.05) is 0 Å². The van der Waals surface area contributed by atoms with Gasteiger partial charge in [-0.2, -0.15) is 0 Å². The van der Waals surface area contributed by atoms with Crippen molar-refractivity contribution in [1.82, 2.24) is 5.32 Å². The van der Waals surface area contributed by atoms with Crippen molar-refractivity contribution in [3.63, 3.8) is 0 Å². The zero-order valence-electron chi connectivity index (χ0n) is 9.14. The van der Waals surface area contributed by atoms with Gasteiger partial charge in [-0.1, -0.05) is 20.8 Å². The third-order valence-electron chi connectivity index (χ3n) is 2.76. The summed E-state index contributed by atoms with van der Waals surface area (Å²) in [4.78, 5) is 0. The molecule has 0 heterocycles. The van der Waals surface area contributed by atoms with Crippen LogP contribution in [0.15, 0.2) is 0 Å². The lowest BCUT2D eigenvalue weighted by atomic mass is 9.92. The summed E-state index contributed by atoms with van der Waals surface area (Å²) < 4.78 is 0. The van der Waals surface area contributed by atoms with Crippen molar-refractivity contribution in [3.05, 3.63) is 0 Å². The van der Waals surface area contributed by atoms with Crippen molar-refractivity contribution in [3.8, 4) is 0 Å². The molecule has 1 aliphatic carbocycles. The van der Waals surface area contributed by atoms with E-state index < -0.39 is 0 Å². The monoisotopic (exact) mass is 185 g/mol. The second kappa shape index (κ2) is 4.43. The first-order chi connectivity index (χ1) is 5.99. The van der Waals surface area contributed by atoms with Gasteiger partial charge in [0.1, 0.15) is 0 Å². The molecule has 1 saturated carbocycles. The molecule has 0 aromatic carbocycles. The van der Waals surface area contributed by atoms with Crippen LogP contribution in [-0.4, -0.2) is 23.8 Å². The van der Waals surface area contributed by atoms with E-state index in [1.54, 1.807) is 0 Å². The Balaban J connectivity index is 2.12. The zero-order chi connectivity index (χ0) is 9.90. The van der Waals surface area contributed by atoms with Crippen LogP contribution < -0.4 is 5.32 Å². The van der Waals surface area contributed by atoms with E-state index in [9.17, 15) is 5.11 Å². The van der Waals surface area contributed by atoms with Gasteiger partial charge in [-0.3, -0.25) is 0 Å². The Kier molecular flexibility index (Phi) is 3.74. The van der Waals surface area contributed by atoms with Crippen molar-refractivity contribution in [2.24, 2.45) is 5.41 Å². The number of nitrogens with one attached hydrogen (secondary N) is 1. The van der Waals surface area contributed by atoms with Crippen LogP contribution in [0.25, 0.3) is 0 Å².